The van der Waals surface area contributed by atoms with Crippen LogP contribution in [0.3, 0.4) is 0 Å². The summed E-state index contributed by atoms with van der Waals surface area (Å²) in [5.41, 5.74) is 0. The second-order valence-corrected chi connectivity index (χ2v) is 5.46. The van der Waals surface area contributed by atoms with Crippen LogP contribution in [0.2, 0.25) is 0 Å². The van der Waals surface area contributed by atoms with Crippen molar-refractivity contribution in [2.24, 2.45) is 5.92 Å². The zero-order valence-electron chi connectivity index (χ0n) is 10.3. The molecule has 1 amide bonds. The Kier molecular flexibility index (Phi) is 4.22. The molecular formula is C13H24N2O. The van der Waals surface area contributed by atoms with Gasteiger partial charge in [-0.1, -0.05) is 32.6 Å². The van der Waals surface area contributed by atoms with Crippen molar-refractivity contribution in [2.45, 2.75) is 64.0 Å². The first-order valence-corrected chi connectivity index (χ1v) is 6.78. The lowest BCUT2D eigenvalue weighted by molar-refractivity contribution is -0.121. The molecule has 2 aliphatic carbocycles. The van der Waals surface area contributed by atoms with E-state index in [4.69, 9.17) is 0 Å². The van der Waals surface area contributed by atoms with E-state index in [9.17, 15) is 4.79 Å². The molecular weight excluding hydrogens is 200 g/mol. The van der Waals surface area contributed by atoms with E-state index in [0.29, 0.717) is 18.6 Å². The van der Waals surface area contributed by atoms with Gasteiger partial charge in [0.2, 0.25) is 5.91 Å². The molecule has 2 saturated carbocycles. The molecule has 0 saturated heterocycles. The summed E-state index contributed by atoms with van der Waals surface area (Å²) in [6.45, 7) is 2.73. The van der Waals surface area contributed by atoms with Crippen molar-refractivity contribution < 1.29 is 4.79 Å². The van der Waals surface area contributed by atoms with Crippen molar-refractivity contribution in [3.05, 3.63) is 0 Å². The van der Waals surface area contributed by atoms with Crippen LogP contribution >= 0.6 is 0 Å². The number of rotatable bonds is 4. The third-order valence-corrected chi connectivity index (χ3v) is 3.85. The van der Waals surface area contributed by atoms with Gasteiger partial charge in [0.05, 0.1) is 6.54 Å². The second kappa shape index (κ2) is 5.67. The average Bonchev–Trinajstić information content (AvgIpc) is 3.00. The fourth-order valence-corrected chi connectivity index (χ4v) is 2.53. The van der Waals surface area contributed by atoms with Gasteiger partial charge in [-0.15, -0.1) is 0 Å². The predicted molar refractivity (Wildman–Crippen MR) is 65.2 cm³/mol. The Morgan fingerprint density at radius 1 is 1.19 bits per heavy atom. The summed E-state index contributed by atoms with van der Waals surface area (Å²) in [7, 11) is 0. The largest absolute Gasteiger partial charge is 0.352 e. The number of nitrogens with one attached hydrogen (secondary N) is 2. The maximum atomic E-state index is 11.7. The fourth-order valence-electron chi connectivity index (χ4n) is 2.53. The first kappa shape index (κ1) is 11.9. The summed E-state index contributed by atoms with van der Waals surface area (Å²) in [6.07, 6.45) is 8.80. The predicted octanol–water partition coefficient (Wildman–Crippen LogP) is 1.82. The molecule has 0 aliphatic heterocycles. The van der Waals surface area contributed by atoms with E-state index in [0.717, 1.165) is 5.92 Å². The van der Waals surface area contributed by atoms with Gasteiger partial charge in [-0.2, -0.15) is 0 Å². The highest BCUT2D eigenvalue weighted by Crippen LogP contribution is 2.28. The molecule has 92 valence electrons. The van der Waals surface area contributed by atoms with Gasteiger partial charge in [-0.05, 0) is 25.2 Å². The smallest absolute Gasteiger partial charge is 0.234 e. The molecule has 0 bridgehead atoms. The van der Waals surface area contributed by atoms with E-state index in [1.165, 1.54) is 44.9 Å². The molecule has 2 unspecified atom stereocenters. The van der Waals surface area contributed by atoms with Gasteiger partial charge in [0, 0.05) is 12.1 Å². The van der Waals surface area contributed by atoms with Crippen molar-refractivity contribution in [1.82, 2.24) is 10.6 Å². The van der Waals surface area contributed by atoms with Crippen LogP contribution < -0.4 is 10.6 Å². The maximum Gasteiger partial charge on any atom is 0.234 e. The van der Waals surface area contributed by atoms with Crippen molar-refractivity contribution in [3.8, 4) is 0 Å². The van der Waals surface area contributed by atoms with Crippen LogP contribution in [0.4, 0.5) is 0 Å². The minimum atomic E-state index is 0.186. The van der Waals surface area contributed by atoms with Crippen LogP contribution in [-0.2, 0) is 4.79 Å². The Morgan fingerprint density at radius 2 is 1.81 bits per heavy atom. The summed E-state index contributed by atoms with van der Waals surface area (Å²) >= 11 is 0. The molecule has 0 radical (unpaired) electrons. The van der Waals surface area contributed by atoms with E-state index in [2.05, 4.69) is 17.6 Å². The van der Waals surface area contributed by atoms with Gasteiger partial charge in [0.1, 0.15) is 0 Å². The second-order valence-electron chi connectivity index (χ2n) is 5.46. The summed E-state index contributed by atoms with van der Waals surface area (Å²) in [6, 6.07) is 1.04. The average molecular weight is 224 g/mol. The first-order valence-electron chi connectivity index (χ1n) is 6.78. The lowest BCUT2D eigenvalue weighted by Gasteiger charge is -2.16. The summed E-state index contributed by atoms with van der Waals surface area (Å²) in [5.74, 6) is 0.955. The van der Waals surface area contributed by atoms with E-state index < -0.39 is 0 Å². The molecule has 2 atom stereocenters. The summed E-state index contributed by atoms with van der Waals surface area (Å²) in [4.78, 5) is 11.7. The van der Waals surface area contributed by atoms with Crippen LogP contribution in [0.5, 0.6) is 0 Å². The highest BCUT2D eigenvalue weighted by atomic mass is 16.2. The topological polar surface area (TPSA) is 41.1 Å². The van der Waals surface area contributed by atoms with E-state index >= 15 is 0 Å². The number of hydrogen-bond donors (Lipinski definition) is 2. The summed E-state index contributed by atoms with van der Waals surface area (Å²) in [5, 5.41) is 6.45. The van der Waals surface area contributed by atoms with Gasteiger partial charge < -0.3 is 10.6 Å². The Morgan fingerprint density at radius 3 is 2.38 bits per heavy atom. The fraction of sp³-hybridized carbons (Fsp3) is 0.923. The molecule has 2 rings (SSSR count). The lowest BCUT2D eigenvalue weighted by atomic mass is 10.1. The normalized spacial score (nSPS) is 30.8. The van der Waals surface area contributed by atoms with E-state index in [1.807, 2.05) is 0 Å². The molecule has 16 heavy (non-hydrogen) atoms. The zero-order chi connectivity index (χ0) is 11.4. The molecule has 3 heteroatoms. The highest BCUT2D eigenvalue weighted by Gasteiger charge is 2.32. The van der Waals surface area contributed by atoms with Crippen molar-refractivity contribution in [2.75, 3.05) is 6.54 Å². The van der Waals surface area contributed by atoms with E-state index in [-0.39, 0.29) is 5.91 Å². The SMILES string of the molecule is CC1CC1NCC(=O)NC1CCCCCC1. The van der Waals surface area contributed by atoms with Gasteiger partial charge >= 0.3 is 0 Å². The molecule has 0 spiro atoms. The quantitative estimate of drug-likeness (QED) is 0.715. The third kappa shape index (κ3) is 3.78. The Labute approximate surface area is 98.4 Å². The third-order valence-electron chi connectivity index (χ3n) is 3.85. The molecule has 0 aromatic carbocycles. The highest BCUT2D eigenvalue weighted by molar-refractivity contribution is 5.78. The van der Waals surface area contributed by atoms with Crippen LogP contribution in [0.25, 0.3) is 0 Å². The molecule has 0 aromatic heterocycles. The number of carbonyl (C=O) groups is 1. The van der Waals surface area contributed by atoms with Crippen LogP contribution in [0, 0.1) is 5.92 Å². The number of hydrogen-bond acceptors (Lipinski definition) is 2. The monoisotopic (exact) mass is 224 g/mol. The molecule has 2 N–H and O–H groups in total. The van der Waals surface area contributed by atoms with Crippen molar-refractivity contribution in [3.63, 3.8) is 0 Å². The molecule has 2 aliphatic rings. The van der Waals surface area contributed by atoms with Crippen LogP contribution in [0.15, 0.2) is 0 Å². The van der Waals surface area contributed by atoms with Crippen molar-refractivity contribution in [1.29, 1.82) is 0 Å². The Hall–Kier alpha value is -0.570. The van der Waals surface area contributed by atoms with Crippen molar-refractivity contribution >= 4 is 5.91 Å². The Bertz CT molecular complexity index is 234. The number of amides is 1. The van der Waals surface area contributed by atoms with Gasteiger partial charge in [0.25, 0.3) is 0 Å². The standard InChI is InChI=1S/C13H24N2O/c1-10-8-12(10)14-9-13(16)15-11-6-4-2-3-5-7-11/h10-12,14H,2-9H2,1H3,(H,15,16). The molecule has 0 heterocycles. The lowest BCUT2D eigenvalue weighted by Crippen LogP contribution is -2.40. The van der Waals surface area contributed by atoms with Gasteiger partial charge in [0.15, 0.2) is 0 Å². The summed E-state index contributed by atoms with van der Waals surface area (Å²) < 4.78 is 0. The van der Waals surface area contributed by atoms with Gasteiger partial charge in [-0.25, -0.2) is 0 Å². The van der Waals surface area contributed by atoms with Gasteiger partial charge in [-0.3, -0.25) is 4.79 Å². The maximum absolute atomic E-state index is 11.7. The molecule has 0 aromatic rings. The first-order chi connectivity index (χ1) is 7.75. The number of carbonyl (C=O) groups excluding carboxylic acids is 1. The minimum absolute atomic E-state index is 0.186. The molecule has 2 fully saturated rings. The Balaban J connectivity index is 1.61. The van der Waals surface area contributed by atoms with Crippen LogP contribution in [0.1, 0.15) is 51.9 Å². The molecule has 3 nitrogen and oxygen atoms in total. The van der Waals surface area contributed by atoms with Crippen LogP contribution in [-0.4, -0.2) is 24.5 Å². The van der Waals surface area contributed by atoms with E-state index in [1.54, 1.807) is 0 Å². The zero-order valence-corrected chi connectivity index (χ0v) is 10.3. The minimum Gasteiger partial charge on any atom is -0.352 e.